The number of carboxylic acids is 1. The quantitative estimate of drug-likeness (QED) is 0.451. The first-order chi connectivity index (χ1) is 3.15. The molecule has 46 valence electrons. The topological polar surface area (TPSA) is 74.6 Å². The Hall–Kier alpha value is 0.187. The molecule has 0 aliphatic carbocycles. The number of carbonyl (C=O) groups is 2. The van der Waals surface area contributed by atoms with Gasteiger partial charge in [-0.2, -0.15) is 0 Å². The molecule has 0 aliphatic heterocycles. The van der Waals surface area contributed by atoms with Crippen molar-refractivity contribution in [2.45, 2.75) is 6.92 Å². The first-order valence-electron chi connectivity index (χ1n) is 1.42. The molecule has 0 saturated carbocycles. The predicted molar refractivity (Wildman–Crippen MR) is 22.0 cm³/mol. The zero-order valence-corrected chi connectivity index (χ0v) is 11.1. The third kappa shape index (κ3) is 8980. The second-order valence-corrected chi connectivity index (χ2v) is 0.624. The van der Waals surface area contributed by atoms with Gasteiger partial charge in [0.2, 0.25) is 0 Å². The van der Waals surface area contributed by atoms with Crippen LogP contribution in [0.4, 0.5) is 0 Å². The largest absolute Gasteiger partial charge is 0.483 e. The van der Waals surface area contributed by atoms with Crippen molar-refractivity contribution in [3.63, 3.8) is 0 Å². The molecule has 6 heteroatoms. The van der Waals surface area contributed by atoms with Crippen LogP contribution in [-0.4, -0.2) is 22.7 Å². The number of rotatable bonds is 0. The minimum absolute atomic E-state index is 0. The summed E-state index contributed by atoms with van der Waals surface area (Å²) in [5.74, 6) is -0.833. The van der Waals surface area contributed by atoms with E-state index in [0.29, 0.717) is 0 Å². The summed E-state index contributed by atoms with van der Waals surface area (Å²) in [4.78, 5) is 17.4. The van der Waals surface area contributed by atoms with E-state index in [1.807, 2.05) is 0 Å². The Balaban J connectivity index is -0.0000000233. The summed E-state index contributed by atoms with van der Waals surface area (Å²) in [6.07, 6.45) is 0. The molecule has 0 heterocycles. The molecule has 4 nitrogen and oxygen atoms in total. The van der Waals surface area contributed by atoms with E-state index in [4.69, 9.17) is 19.8 Å². The second kappa shape index (κ2) is 24.1. The Morgan fingerprint density at radius 3 is 1.44 bits per heavy atom. The number of aliphatic carboxylic acids is 1. The van der Waals surface area contributed by atoms with Crippen molar-refractivity contribution in [3.05, 3.63) is 0 Å². The Labute approximate surface area is 78.2 Å². The van der Waals surface area contributed by atoms with E-state index in [9.17, 15) is 0 Å². The summed E-state index contributed by atoms with van der Waals surface area (Å²) >= 11 is 0. The maximum absolute atomic E-state index is 9.00. The second-order valence-electron chi connectivity index (χ2n) is 0.624. The van der Waals surface area contributed by atoms with Crippen LogP contribution < -0.4 is 0 Å². The summed E-state index contributed by atoms with van der Waals surface area (Å²) in [6, 6.07) is 0. The minimum Gasteiger partial charge on any atom is -0.483 e. The van der Waals surface area contributed by atoms with Gasteiger partial charge in [0, 0.05) is 45.9 Å². The van der Waals surface area contributed by atoms with Crippen molar-refractivity contribution in [2.75, 3.05) is 0 Å². The molecule has 0 spiro atoms. The van der Waals surface area contributed by atoms with Crippen LogP contribution in [-0.2, 0) is 48.5 Å². The Bertz CT molecular complexity index is 60.8. The van der Waals surface area contributed by atoms with Gasteiger partial charge in [-0.15, -0.1) is 0 Å². The van der Waals surface area contributed by atoms with Crippen LogP contribution in [0.3, 0.4) is 0 Å². The zero-order valence-electron chi connectivity index (χ0n) is 5.20. The van der Waals surface area contributed by atoms with E-state index in [1.165, 1.54) is 0 Å². The maximum Gasteiger partial charge on any atom is 0.300 e. The van der Waals surface area contributed by atoms with Gasteiger partial charge in [0.1, 0.15) is 0 Å². The number of carboxylic acid groups (broad SMARTS) is 2. The molecular formula is C3H6O4Zn2. The van der Waals surface area contributed by atoms with Crippen LogP contribution in [0.15, 0.2) is 0 Å². The molecule has 0 bridgehead atoms. The van der Waals surface area contributed by atoms with E-state index in [0.717, 1.165) is 6.92 Å². The summed E-state index contributed by atoms with van der Waals surface area (Å²) < 4.78 is 0. The summed E-state index contributed by atoms with van der Waals surface area (Å²) in [5, 5.41) is 14.3. The van der Waals surface area contributed by atoms with Crippen molar-refractivity contribution in [3.8, 4) is 0 Å². The van der Waals surface area contributed by atoms with Gasteiger partial charge >= 0.3 is 0 Å². The summed E-state index contributed by atoms with van der Waals surface area (Å²) in [7, 11) is 0. The molecule has 0 unspecified atom stereocenters. The molecule has 0 saturated heterocycles. The van der Waals surface area contributed by atoms with Crippen molar-refractivity contribution in [2.24, 2.45) is 0 Å². The third-order valence-electron chi connectivity index (χ3n) is 0. The molecule has 0 aromatic rings. The van der Waals surface area contributed by atoms with Gasteiger partial charge in [-0.1, -0.05) is 0 Å². The maximum atomic E-state index is 9.00. The fourth-order valence-corrected chi connectivity index (χ4v) is 0. The first-order valence-corrected chi connectivity index (χ1v) is 1.42. The van der Waals surface area contributed by atoms with E-state index >= 15 is 0 Å². The third-order valence-corrected chi connectivity index (χ3v) is 0. The smallest absolute Gasteiger partial charge is 0.300 e. The summed E-state index contributed by atoms with van der Waals surface area (Å²) in [5.41, 5.74) is 0. The van der Waals surface area contributed by atoms with Gasteiger partial charge in [-0.25, -0.2) is 0 Å². The van der Waals surface area contributed by atoms with Crippen LogP contribution in [0.1, 0.15) is 6.92 Å². The Kier molecular flexibility index (Phi) is 61.3. The Morgan fingerprint density at radius 2 is 1.44 bits per heavy atom. The van der Waals surface area contributed by atoms with E-state index in [2.05, 4.69) is 0 Å². The van der Waals surface area contributed by atoms with Crippen LogP contribution in [0.25, 0.3) is 0 Å². The SMILES string of the molecule is CC(=O)O.O=CO.[Zn].[Zn]. The average Bonchev–Trinajstić information content (AvgIpc) is 1.33. The zero-order chi connectivity index (χ0) is 6.28. The van der Waals surface area contributed by atoms with Crippen molar-refractivity contribution < 1.29 is 58.8 Å². The molecule has 0 fully saturated rings. The predicted octanol–water partition coefficient (Wildman–Crippen LogP) is -0.213. The van der Waals surface area contributed by atoms with Crippen molar-refractivity contribution in [1.82, 2.24) is 0 Å². The van der Waals surface area contributed by atoms with Gasteiger partial charge in [0.05, 0.1) is 0 Å². The van der Waals surface area contributed by atoms with Crippen LogP contribution in [0, 0.1) is 0 Å². The molecule has 0 aromatic carbocycles. The molecule has 0 aliphatic rings. The fraction of sp³-hybridized carbons (Fsp3) is 0.333. The average molecular weight is 237 g/mol. The molecule has 9 heavy (non-hydrogen) atoms. The van der Waals surface area contributed by atoms with Gasteiger partial charge in [-0.3, -0.25) is 9.59 Å². The molecule has 0 rings (SSSR count). The molecule has 0 aromatic heterocycles. The monoisotopic (exact) mass is 234 g/mol. The van der Waals surface area contributed by atoms with E-state index in [-0.39, 0.29) is 45.4 Å². The molecule has 0 amide bonds. The van der Waals surface area contributed by atoms with Crippen molar-refractivity contribution in [1.29, 1.82) is 0 Å². The fourth-order valence-electron chi connectivity index (χ4n) is 0. The number of hydrogen-bond donors (Lipinski definition) is 2. The Morgan fingerprint density at radius 1 is 1.44 bits per heavy atom. The van der Waals surface area contributed by atoms with Gasteiger partial charge in [0.15, 0.2) is 0 Å². The normalized spacial score (nSPS) is 4.11. The van der Waals surface area contributed by atoms with Crippen LogP contribution in [0.5, 0.6) is 0 Å². The molecule has 2 N–H and O–H groups in total. The van der Waals surface area contributed by atoms with Gasteiger partial charge < -0.3 is 10.2 Å². The van der Waals surface area contributed by atoms with Crippen LogP contribution >= 0.6 is 0 Å². The number of hydrogen-bond acceptors (Lipinski definition) is 2. The van der Waals surface area contributed by atoms with Crippen LogP contribution in [0.2, 0.25) is 0 Å². The molecule has 0 atom stereocenters. The van der Waals surface area contributed by atoms with E-state index in [1.54, 1.807) is 0 Å². The molecule has 0 radical (unpaired) electrons. The van der Waals surface area contributed by atoms with Gasteiger partial charge in [0.25, 0.3) is 12.4 Å². The van der Waals surface area contributed by atoms with Crippen molar-refractivity contribution >= 4 is 12.4 Å². The van der Waals surface area contributed by atoms with Gasteiger partial charge in [-0.05, 0) is 0 Å². The first kappa shape index (κ1) is 22.9. The molecular weight excluding hydrogens is 231 g/mol. The standard InChI is InChI=1S/C2H4O2.CH2O2.2Zn/c1-2(3)4;2-1-3;;/h1H3,(H,3,4);1H,(H,2,3);;. The van der Waals surface area contributed by atoms with E-state index < -0.39 is 5.97 Å². The minimum atomic E-state index is -0.833. The summed E-state index contributed by atoms with van der Waals surface area (Å²) in [6.45, 7) is 0.833.